The van der Waals surface area contributed by atoms with Crippen LogP contribution in [0.25, 0.3) is 66.6 Å². The molecule has 0 amide bonds. The molecule has 0 spiro atoms. The van der Waals surface area contributed by atoms with E-state index in [1.165, 1.54) is 60.6 Å². The zero-order chi connectivity index (χ0) is 43.6. The highest BCUT2D eigenvalue weighted by Crippen LogP contribution is 2.57. The predicted molar refractivity (Wildman–Crippen MR) is 271 cm³/mol. The van der Waals surface area contributed by atoms with E-state index in [2.05, 4.69) is 255 Å². The van der Waals surface area contributed by atoms with Crippen LogP contribution in [0.5, 0.6) is 0 Å². The average Bonchev–Trinajstić information content (AvgIpc) is 4.07. The minimum absolute atomic E-state index is 0.545. The summed E-state index contributed by atoms with van der Waals surface area (Å²) in [5.74, 6) is 0.697. The molecule has 0 saturated heterocycles. The Morgan fingerprint density at radius 2 is 1.00 bits per heavy atom. The smallest absolute Gasteiger partial charge is 0.159 e. The molecule has 310 valence electrons. The second kappa shape index (κ2) is 15.2. The number of aromatic nitrogens is 4. The van der Waals surface area contributed by atoms with Crippen molar-refractivity contribution in [2.45, 2.75) is 5.41 Å². The van der Waals surface area contributed by atoms with E-state index < -0.39 is 5.41 Å². The van der Waals surface area contributed by atoms with Gasteiger partial charge >= 0.3 is 0 Å². The molecule has 12 aromatic rings. The topological polar surface area (TPSA) is 38.9 Å². The summed E-state index contributed by atoms with van der Waals surface area (Å²) in [4.78, 5) is 11.6. The van der Waals surface area contributed by atoms with Crippen molar-refractivity contribution in [1.29, 1.82) is 0 Å². The summed E-state index contributed by atoms with van der Waals surface area (Å²) in [6.45, 7) is 0. The lowest BCUT2D eigenvalue weighted by Crippen LogP contribution is -2.28. The van der Waals surface area contributed by atoms with Gasteiger partial charge in [0.25, 0.3) is 0 Å². The number of hydrogen-bond acceptors (Lipinski definition) is 3. The number of anilines is 3. The van der Waals surface area contributed by atoms with Crippen LogP contribution >= 0.6 is 0 Å². The van der Waals surface area contributed by atoms with Crippen molar-refractivity contribution in [3.05, 3.63) is 271 Å². The van der Waals surface area contributed by atoms with Gasteiger partial charge in [0.15, 0.2) is 5.82 Å². The van der Waals surface area contributed by atoms with E-state index in [1.54, 1.807) is 12.4 Å². The Labute approximate surface area is 382 Å². The molecular formula is C61H41N5. The zero-order valence-electron chi connectivity index (χ0n) is 35.9. The van der Waals surface area contributed by atoms with Crippen molar-refractivity contribution >= 4 is 49.8 Å². The Balaban J connectivity index is 1.08. The lowest BCUT2D eigenvalue weighted by molar-refractivity contribution is 0.768. The second-order valence-electron chi connectivity index (χ2n) is 17.0. The van der Waals surface area contributed by atoms with Crippen LogP contribution in [-0.2, 0) is 5.41 Å². The molecule has 1 aliphatic carbocycles. The molecule has 0 unspecified atom stereocenters. The van der Waals surface area contributed by atoms with E-state index in [1.807, 2.05) is 6.07 Å². The lowest BCUT2D eigenvalue weighted by atomic mass is 9.67. The maximum atomic E-state index is 4.58. The van der Waals surface area contributed by atoms with E-state index in [-0.39, 0.29) is 0 Å². The minimum Gasteiger partial charge on any atom is -0.315 e. The van der Waals surface area contributed by atoms with E-state index in [4.69, 9.17) is 0 Å². The number of rotatable bonds is 8. The highest BCUT2D eigenvalue weighted by atomic mass is 15.1. The summed E-state index contributed by atoms with van der Waals surface area (Å²) >= 11 is 0. The van der Waals surface area contributed by atoms with Gasteiger partial charge in [0.05, 0.1) is 22.0 Å². The maximum absolute atomic E-state index is 4.58. The summed E-state index contributed by atoms with van der Waals surface area (Å²) in [7, 11) is 0. The third-order valence-electron chi connectivity index (χ3n) is 13.5. The molecule has 13 rings (SSSR count). The molecule has 0 atom stereocenters. The van der Waals surface area contributed by atoms with Crippen LogP contribution in [0, 0.1) is 0 Å². The highest BCUT2D eigenvalue weighted by Gasteiger charge is 2.46. The molecular weight excluding hydrogens is 803 g/mol. The van der Waals surface area contributed by atoms with E-state index >= 15 is 0 Å². The van der Waals surface area contributed by atoms with Crippen LogP contribution in [0.3, 0.4) is 0 Å². The van der Waals surface area contributed by atoms with Crippen LogP contribution in [0.15, 0.2) is 249 Å². The SMILES string of the molecule is c1ccc(-n2ccc3ccc4c5cc(N(c6ccc(-c7ncccn7)cc6)c6ccc7c(c6)C(c6ccccc6)(c6ccccc6)c6ccccc6-7)ccc5n(-c5ccccc5)c4c32)cc1. The highest BCUT2D eigenvalue weighted by molar-refractivity contribution is 6.19. The van der Waals surface area contributed by atoms with E-state index in [0.717, 1.165) is 39.5 Å². The fourth-order valence-corrected chi connectivity index (χ4v) is 10.7. The van der Waals surface area contributed by atoms with Gasteiger partial charge in [0.2, 0.25) is 0 Å². The van der Waals surface area contributed by atoms with Crippen LogP contribution < -0.4 is 4.90 Å². The summed E-state index contributed by atoms with van der Waals surface area (Å²) in [5, 5.41) is 3.55. The van der Waals surface area contributed by atoms with Gasteiger partial charge in [-0.15, -0.1) is 0 Å². The molecule has 0 fully saturated rings. The fraction of sp³-hybridized carbons (Fsp3) is 0.0164. The molecule has 66 heavy (non-hydrogen) atoms. The standard InChI is InChI=1S/C61H41N5/c1-5-16-44(17-6-1)61(45-18-7-2-8-19-45)55-25-14-13-24-51(55)52-34-31-50(41-56(52)61)65(48-29-26-43(27-30-48)60-62-37-15-38-63-60)49-32-35-57-54(40-49)53-33-28-42-36-39-64(46-20-9-3-10-21-46)58(42)59(53)66(57)47-22-11-4-12-23-47/h1-41H. The van der Waals surface area contributed by atoms with Crippen LogP contribution in [-0.4, -0.2) is 19.1 Å². The molecule has 5 nitrogen and oxygen atoms in total. The Bertz CT molecular complexity index is 3690. The van der Waals surface area contributed by atoms with Gasteiger partial charge < -0.3 is 14.0 Å². The molecule has 0 radical (unpaired) electrons. The predicted octanol–water partition coefficient (Wildman–Crippen LogP) is 15.0. The quantitative estimate of drug-likeness (QED) is 0.153. The first-order chi connectivity index (χ1) is 32.8. The molecule has 5 heteroatoms. The summed E-state index contributed by atoms with van der Waals surface area (Å²) in [6.07, 6.45) is 5.78. The monoisotopic (exact) mass is 843 g/mol. The van der Waals surface area contributed by atoms with Crippen molar-refractivity contribution < 1.29 is 0 Å². The molecule has 3 aromatic heterocycles. The minimum atomic E-state index is -0.545. The molecule has 0 saturated carbocycles. The normalized spacial score (nSPS) is 12.7. The molecule has 0 aliphatic heterocycles. The summed E-state index contributed by atoms with van der Waals surface area (Å²) in [6, 6.07) is 83.8. The van der Waals surface area contributed by atoms with Crippen LogP contribution in [0.1, 0.15) is 22.3 Å². The van der Waals surface area contributed by atoms with E-state index in [9.17, 15) is 0 Å². The van der Waals surface area contributed by atoms with Crippen LogP contribution in [0.2, 0.25) is 0 Å². The number of hydrogen-bond donors (Lipinski definition) is 0. The van der Waals surface area contributed by atoms with E-state index in [0.29, 0.717) is 5.82 Å². The largest absolute Gasteiger partial charge is 0.315 e. The number of nitrogens with zero attached hydrogens (tertiary/aromatic N) is 5. The van der Waals surface area contributed by atoms with Crippen LogP contribution in [0.4, 0.5) is 17.1 Å². The first-order valence-corrected chi connectivity index (χ1v) is 22.5. The van der Waals surface area contributed by atoms with Crippen molar-refractivity contribution in [2.24, 2.45) is 0 Å². The van der Waals surface area contributed by atoms with Gasteiger partial charge in [0, 0.05) is 68.7 Å². The van der Waals surface area contributed by atoms with Gasteiger partial charge in [-0.1, -0.05) is 140 Å². The van der Waals surface area contributed by atoms with Crippen molar-refractivity contribution in [3.63, 3.8) is 0 Å². The first kappa shape index (κ1) is 37.7. The Kier molecular flexibility index (Phi) is 8.68. The molecule has 9 aromatic carbocycles. The Morgan fingerprint density at radius 3 is 1.71 bits per heavy atom. The van der Waals surface area contributed by atoms with Gasteiger partial charge in [-0.2, -0.15) is 0 Å². The second-order valence-corrected chi connectivity index (χ2v) is 17.0. The van der Waals surface area contributed by atoms with Crippen molar-refractivity contribution in [3.8, 4) is 33.9 Å². The van der Waals surface area contributed by atoms with Gasteiger partial charge in [-0.05, 0) is 124 Å². The molecule has 0 bridgehead atoms. The zero-order valence-corrected chi connectivity index (χ0v) is 35.9. The number of benzene rings is 9. The Hall–Kier alpha value is -8.80. The summed E-state index contributed by atoms with van der Waals surface area (Å²) in [5.41, 5.74) is 16.8. The molecule has 0 N–H and O–H groups in total. The van der Waals surface area contributed by atoms with Crippen molar-refractivity contribution in [2.75, 3.05) is 4.90 Å². The third-order valence-corrected chi connectivity index (χ3v) is 13.5. The Morgan fingerprint density at radius 1 is 0.409 bits per heavy atom. The van der Waals surface area contributed by atoms with Gasteiger partial charge in [-0.3, -0.25) is 0 Å². The lowest BCUT2D eigenvalue weighted by Gasteiger charge is -2.35. The molecule has 1 aliphatic rings. The van der Waals surface area contributed by atoms with Gasteiger partial charge in [0.1, 0.15) is 0 Å². The first-order valence-electron chi connectivity index (χ1n) is 22.5. The maximum Gasteiger partial charge on any atom is 0.159 e. The van der Waals surface area contributed by atoms with Gasteiger partial charge in [-0.25, -0.2) is 9.97 Å². The van der Waals surface area contributed by atoms with Crippen molar-refractivity contribution in [1.82, 2.24) is 19.1 Å². The summed E-state index contributed by atoms with van der Waals surface area (Å²) < 4.78 is 4.77. The molecule has 3 heterocycles. The number of para-hydroxylation sites is 2. The fourth-order valence-electron chi connectivity index (χ4n) is 10.7. The third kappa shape index (κ3) is 5.73. The number of fused-ring (bicyclic) bond motifs is 8. The average molecular weight is 844 g/mol.